The van der Waals surface area contributed by atoms with Crippen LogP contribution in [-0.4, -0.2) is 30.3 Å². The lowest BCUT2D eigenvalue weighted by Gasteiger charge is -2.18. The molecule has 94 valence electrons. The van der Waals surface area contributed by atoms with Gasteiger partial charge in [0.15, 0.2) is 0 Å². The molecule has 0 saturated carbocycles. The molecule has 2 heterocycles. The maximum Gasteiger partial charge on any atom is 0.108 e. The van der Waals surface area contributed by atoms with Gasteiger partial charge in [-0.1, -0.05) is 6.92 Å². The Kier molecular flexibility index (Phi) is 3.71. The zero-order chi connectivity index (χ0) is 12.3. The quantitative estimate of drug-likeness (QED) is 0.578. The Morgan fingerprint density at radius 3 is 3.00 bits per heavy atom. The molecule has 0 spiro atoms. The third-order valence-corrected chi connectivity index (χ3v) is 3.18. The summed E-state index contributed by atoms with van der Waals surface area (Å²) in [6.45, 7) is 3.62. The van der Waals surface area contributed by atoms with Crippen molar-refractivity contribution in [3.05, 3.63) is 29.6 Å². The van der Waals surface area contributed by atoms with Gasteiger partial charge in [0.2, 0.25) is 0 Å². The summed E-state index contributed by atoms with van der Waals surface area (Å²) in [4.78, 5) is 3.20. The van der Waals surface area contributed by atoms with Crippen molar-refractivity contribution in [2.24, 2.45) is 5.73 Å². The zero-order valence-corrected chi connectivity index (χ0v) is 10.5. The minimum absolute atomic E-state index is 0.438. The number of nitrogens with zero attached hydrogens (tertiary/aromatic N) is 1. The fraction of sp³-hybridized carbons (Fsp3) is 0.500. The molecule has 0 radical (unpaired) electrons. The van der Waals surface area contributed by atoms with Crippen molar-refractivity contribution in [2.75, 3.05) is 25.6 Å². The van der Waals surface area contributed by atoms with Crippen LogP contribution in [0.3, 0.4) is 0 Å². The van der Waals surface area contributed by atoms with Crippen LogP contribution in [0.1, 0.15) is 24.8 Å². The van der Waals surface area contributed by atoms with E-state index >= 15 is 0 Å². The number of anilines is 1. The Bertz CT molecular complexity index is 395. The first-order chi connectivity index (χ1) is 8.26. The lowest BCUT2D eigenvalue weighted by molar-refractivity contribution is 0.325. The highest BCUT2D eigenvalue weighted by atomic mass is 15.5. The molecule has 1 aromatic heterocycles. The molecule has 1 aliphatic rings. The van der Waals surface area contributed by atoms with E-state index in [1.54, 1.807) is 0 Å². The Balaban J connectivity index is 2.20. The summed E-state index contributed by atoms with van der Waals surface area (Å²) in [7, 11) is 2.05. The van der Waals surface area contributed by atoms with E-state index in [4.69, 9.17) is 5.73 Å². The van der Waals surface area contributed by atoms with E-state index in [-0.39, 0.29) is 0 Å². The first-order valence-corrected chi connectivity index (χ1v) is 6.03. The average molecular weight is 235 g/mol. The Hall–Kier alpha value is -1.46. The van der Waals surface area contributed by atoms with Crippen molar-refractivity contribution >= 4 is 5.82 Å². The van der Waals surface area contributed by atoms with Crippen LogP contribution in [-0.2, 0) is 0 Å². The minimum Gasteiger partial charge on any atom is -0.359 e. The van der Waals surface area contributed by atoms with Gasteiger partial charge in [0, 0.05) is 37.5 Å². The molecule has 5 nitrogen and oxygen atoms in total. The minimum atomic E-state index is 0.438. The molecule has 1 atom stereocenters. The predicted octanol–water partition coefficient (Wildman–Crippen LogP) is 1.17. The SMILES string of the molecule is CCC(C1=CNN(C)C1)c1cc[nH]c1NCN. The van der Waals surface area contributed by atoms with E-state index in [1.165, 1.54) is 11.1 Å². The van der Waals surface area contributed by atoms with Crippen LogP contribution >= 0.6 is 0 Å². The number of hydrogen-bond donors (Lipinski definition) is 4. The monoisotopic (exact) mass is 235 g/mol. The van der Waals surface area contributed by atoms with E-state index in [0.29, 0.717) is 12.6 Å². The van der Waals surface area contributed by atoms with Crippen LogP contribution in [0.15, 0.2) is 24.0 Å². The molecule has 0 bridgehead atoms. The van der Waals surface area contributed by atoms with Crippen LogP contribution in [0.5, 0.6) is 0 Å². The summed E-state index contributed by atoms with van der Waals surface area (Å²) in [6.07, 6.45) is 5.15. The van der Waals surface area contributed by atoms with Gasteiger partial charge in [-0.15, -0.1) is 0 Å². The predicted molar refractivity (Wildman–Crippen MR) is 70.4 cm³/mol. The molecule has 1 aromatic rings. The fourth-order valence-electron chi connectivity index (χ4n) is 2.38. The normalized spacial score (nSPS) is 17.7. The van der Waals surface area contributed by atoms with E-state index in [1.807, 2.05) is 13.2 Å². The number of hydrogen-bond acceptors (Lipinski definition) is 4. The molecular formula is C12H21N5. The van der Waals surface area contributed by atoms with Gasteiger partial charge in [-0.25, -0.2) is 5.01 Å². The van der Waals surface area contributed by atoms with Crippen molar-refractivity contribution in [2.45, 2.75) is 19.3 Å². The summed E-state index contributed by atoms with van der Waals surface area (Å²) in [5, 5.41) is 5.25. The number of aromatic amines is 1. The molecule has 0 saturated heterocycles. The van der Waals surface area contributed by atoms with Crippen molar-refractivity contribution < 1.29 is 0 Å². The molecule has 17 heavy (non-hydrogen) atoms. The van der Waals surface area contributed by atoms with E-state index in [2.05, 4.69) is 39.9 Å². The maximum absolute atomic E-state index is 5.54. The molecule has 2 rings (SSSR count). The number of nitrogens with one attached hydrogen (secondary N) is 3. The summed E-state index contributed by atoms with van der Waals surface area (Å²) in [6, 6.07) is 2.13. The van der Waals surface area contributed by atoms with Crippen molar-refractivity contribution in [3.8, 4) is 0 Å². The molecule has 1 aliphatic heterocycles. The lowest BCUT2D eigenvalue weighted by Crippen LogP contribution is -2.25. The van der Waals surface area contributed by atoms with Gasteiger partial charge in [0.25, 0.3) is 0 Å². The number of H-pyrrole nitrogens is 1. The molecule has 5 heteroatoms. The molecule has 5 N–H and O–H groups in total. The third-order valence-electron chi connectivity index (χ3n) is 3.18. The average Bonchev–Trinajstić information content (AvgIpc) is 2.91. The number of aromatic nitrogens is 1. The Morgan fingerprint density at radius 1 is 1.59 bits per heavy atom. The number of likely N-dealkylation sites (N-methyl/N-ethyl adjacent to an activating group) is 1. The maximum atomic E-state index is 5.54. The van der Waals surface area contributed by atoms with E-state index in [0.717, 1.165) is 18.8 Å². The molecule has 0 aromatic carbocycles. The van der Waals surface area contributed by atoms with Crippen molar-refractivity contribution in [1.82, 2.24) is 15.4 Å². The summed E-state index contributed by atoms with van der Waals surface area (Å²) < 4.78 is 0. The molecule has 0 aliphatic carbocycles. The van der Waals surface area contributed by atoms with Crippen LogP contribution in [0, 0.1) is 0 Å². The first kappa shape index (κ1) is 12.0. The second kappa shape index (κ2) is 5.25. The van der Waals surface area contributed by atoms with Gasteiger partial charge in [-0.2, -0.15) is 0 Å². The van der Waals surface area contributed by atoms with Gasteiger partial charge in [0.1, 0.15) is 5.82 Å². The number of hydrazine groups is 1. The lowest BCUT2D eigenvalue weighted by atomic mass is 9.90. The van der Waals surface area contributed by atoms with Crippen LogP contribution in [0.2, 0.25) is 0 Å². The highest BCUT2D eigenvalue weighted by Gasteiger charge is 2.22. The third kappa shape index (κ3) is 2.45. The second-order valence-corrected chi connectivity index (χ2v) is 4.35. The van der Waals surface area contributed by atoms with Crippen molar-refractivity contribution in [1.29, 1.82) is 0 Å². The number of rotatable bonds is 5. The Labute approximate surface area is 102 Å². The van der Waals surface area contributed by atoms with Gasteiger partial charge >= 0.3 is 0 Å². The van der Waals surface area contributed by atoms with Crippen molar-refractivity contribution in [3.63, 3.8) is 0 Å². The molecule has 1 unspecified atom stereocenters. The largest absolute Gasteiger partial charge is 0.359 e. The summed E-state index contributed by atoms with van der Waals surface area (Å²) in [5.41, 5.74) is 11.5. The van der Waals surface area contributed by atoms with Gasteiger partial charge in [-0.3, -0.25) is 0 Å². The first-order valence-electron chi connectivity index (χ1n) is 6.03. The molecule has 0 fully saturated rings. The van der Waals surface area contributed by atoms with Crippen LogP contribution in [0.25, 0.3) is 0 Å². The summed E-state index contributed by atoms with van der Waals surface area (Å²) >= 11 is 0. The van der Waals surface area contributed by atoms with Gasteiger partial charge < -0.3 is 21.5 Å². The smallest absolute Gasteiger partial charge is 0.108 e. The van der Waals surface area contributed by atoms with Gasteiger partial charge in [0.05, 0.1) is 6.67 Å². The molecular weight excluding hydrogens is 214 g/mol. The topological polar surface area (TPSA) is 69.1 Å². The molecule has 0 amide bonds. The fourth-order valence-corrected chi connectivity index (χ4v) is 2.38. The van der Waals surface area contributed by atoms with E-state index < -0.39 is 0 Å². The standard InChI is InChI=1S/C12H21N5/c1-3-10(9-6-16-17(2)7-9)11-4-5-14-12(11)15-8-13/h4-6,10,14-16H,3,7-8,13H2,1-2H3. The zero-order valence-electron chi connectivity index (χ0n) is 10.5. The highest BCUT2D eigenvalue weighted by Crippen LogP contribution is 2.33. The Morgan fingerprint density at radius 2 is 2.41 bits per heavy atom. The van der Waals surface area contributed by atoms with Gasteiger partial charge in [-0.05, 0) is 18.1 Å². The summed E-state index contributed by atoms with van der Waals surface area (Å²) in [5.74, 6) is 1.47. The van der Waals surface area contributed by atoms with Crippen LogP contribution in [0.4, 0.5) is 5.82 Å². The highest BCUT2D eigenvalue weighted by molar-refractivity contribution is 5.50. The van der Waals surface area contributed by atoms with Crippen LogP contribution < -0.4 is 16.5 Å². The van der Waals surface area contributed by atoms with E-state index in [9.17, 15) is 0 Å². The number of nitrogens with two attached hydrogens (primary N) is 1. The second-order valence-electron chi connectivity index (χ2n) is 4.35.